The van der Waals surface area contributed by atoms with Gasteiger partial charge in [-0.3, -0.25) is 0 Å². The van der Waals surface area contributed by atoms with Gasteiger partial charge in [-0.1, -0.05) is 12.1 Å². The van der Waals surface area contributed by atoms with Gasteiger partial charge in [0.1, 0.15) is 11.4 Å². The highest BCUT2D eigenvalue weighted by Crippen LogP contribution is 2.26. The van der Waals surface area contributed by atoms with E-state index in [2.05, 4.69) is 5.43 Å². The van der Waals surface area contributed by atoms with E-state index in [1.165, 1.54) is 19.1 Å². The van der Waals surface area contributed by atoms with Crippen LogP contribution in [0.3, 0.4) is 0 Å². The van der Waals surface area contributed by atoms with Gasteiger partial charge in [0, 0.05) is 0 Å². The Kier molecular flexibility index (Phi) is 6.49. The number of nitrogens with one attached hydrogen (secondary N) is 1. The number of hydrogen-bond donors (Lipinski definition) is 1. The zero-order valence-corrected chi connectivity index (χ0v) is 13.2. The molecule has 7 nitrogen and oxygen atoms in total. The first-order valence-electron chi connectivity index (χ1n) is 7.01. The molecular formula is C15H19FN2O5. The second kappa shape index (κ2) is 8.11. The lowest BCUT2D eigenvalue weighted by Gasteiger charge is -2.35. The van der Waals surface area contributed by atoms with Gasteiger partial charge in [0.2, 0.25) is 0 Å². The van der Waals surface area contributed by atoms with Gasteiger partial charge in [0.05, 0.1) is 13.2 Å². The maximum Gasteiger partial charge on any atom is 0.430 e. The average molecular weight is 326 g/mol. The summed E-state index contributed by atoms with van der Waals surface area (Å²) in [6.07, 6.45) is -1.42. The summed E-state index contributed by atoms with van der Waals surface area (Å²) in [6, 6.07) is 4.96. The van der Waals surface area contributed by atoms with Crippen LogP contribution in [0.2, 0.25) is 0 Å². The molecule has 1 aromatic rings. The Morgan fingerprint density at radius 2 is 1.78 bits per heavy atom. The van der Waals surface area contributed by atoms with Crippen molar-refractivity contribution in [3.63, 3.8) is 0 Å². The van der Waals surface area contributed by atoms with Gasteiger partial charge in [-0.05, 0) is 38.5 Å². The number of benzene rings is 1. The molecule has 2 amide bonds. The van der Waals surface area contributed by atoms with Crippen molar-refractivity contribution >= 4 is 18.5 Å². The average Bonchev–Trinajstić information content (AvgIpc) is 2.53. The number of hydrazine groups is 1. The topological polar surface area (TPSA) is 84.9 Å². The van der Waals surface area contributed by atoms with Crippen LogP contribution in [0.1, 0.15) is 26.3 Å². The van der Waals surface area contributed by atoms with E-state index in [0.29, 0.717) is 16.9 Å². The molecule has 0 aliphatic carbocycles. The van der Waals surface area contributed by atoms with E-state index in [-0.39, 0.29) is 13.2 Å². The minimum absolute atomic E-state index is 0.0399. The van der Waals surface area contributed by atoms with Crippen molar-refractivity contribution in [1.29, 1.82) is 0 Å². The molecule has 1 rings (SSSR count). The molecule has 0 saturated carbocycles. The van der Waals surface area contributed by atoms with Crippen LogP contribution >= 0.6 is 0 Å². The maximum absolute atomic E-state index is 13.1. The minimum atomic E-state index is -1.60. The summed E-state index contributed by atoms with van der Waals surface area (Å²) < 4.78 is 22.7. The van der Waals surface area contributed by atoms with E-state index in [1.54, 1.807) is 13.8 Å². The Bertz CT molecular complexity index is 563. The summed E-state index contributed by atoms with van der Waals surface area (Å²) in [5, 5.41) is 0.717. The summed E-state index contributed by atoms with van der Waals surface area (Å²) in [5.74, 6) is -0.497. The van der Waals surface area contributed by atoms with Crippen molar-refractivity contribution in [2.24, 2.45) is 0 Å². The first-order valence-corrected chi connectivity index (χ1v) is 7.01. The molecule has 1 aromatic carbocycles. The van der Waals surface area contributed by atoms with Gasteiger partial charge in [-0.25, -0.2) is 19.4 Å². The Morgan fingerprint density at radius 1 is 1.22 bits per heavy atom. The van der Waals surface area contributed by atoms with Crippen LogP contribution in [0.5, 0.6) is 0 Å². The number of rotatable bonds is 5. The highest BCUT2D eigenvalue weighted by Gasteiger charge is 2.40. The smallest absolute Gasteiger partial charge is 0.430 e. The van der Waals surface area contributed by atoms with E-state index >= 15 is 0 Å². The third-order valence-corrected chi connectivity index (χ3v) is 3.05. The highest BCUT2D eigenvalue weighted by molar-refractivity contribution is 5.80. The molecule has 0 unspecified atom stereocenters. The first kappa shape index (κ1) is 18.4. The number of nitrogens with zero attached hydrogens (tertiary/aromatic N) is 1. The van der Waals surface area contributed by atoms with Gasteiger partial charge in [-0.15, -0.1) is 0 Å². The SMILES string of the molecule is CCOC(=O)NN(C(=O)OCC)[C@@](C)(C=O)c1ccc(F)cc1. The number of aldehydes is 1. The van der Waals surface area contributed by atoms with Crippen LogP contribution in [0.4, 0.5) is 14.0 Å². The largest absolute Gasteiger partial charge is 0.449 e. The Labute approximate surface area is 133 Å². The molecule has 0 radical (unpaired) electrons. The highest BCUT2D eigenvalue weighted by atomic mass is 19.1. The fourth-order valence-electron chi connectivity index (χ4n) is 1.83. The molecule has 0 heterocycles. The van der Waals surface area contributed by atoms with E-state index in [9.17, 15) is 18.8 Å². The fraction of sp³-hybridized carbons (Fsp3) is 0.400. The van der Waals surface area contributed by atoms with Crippen LogP contribution in [0.15, 0.2) is 24.3 Å². The number of halogens is 1. The fourth-order valence-corrected chi connectivity index (χ4v) is 1.83. The lowest BCUT2D eigenvalue weighted by molar-refractivity contribution is -0.119. The van der Waals surface area contributed by atoms with Gasteiger partial charge in [-0.2, -0.15) is 5.01 Å². The number of hydrogen-bond acceptors (Lipinski definition) is 5. The number of ether oxygens (including phenoxy) is 2. The van der Waals surface area contributed by atoms with E-state index in [1.807, 2.05) is 0 Å². The molecule has 0 aliphatic heterocycles. The lowest BCUT2D eigenvalue weighted by Crippen LogP contribution is -2.58. The van der Waals surface area contributed by atoms with E-state index < -0.39 is 23.5 Å². The summed E-state index contributed by atoms with van der Waals surface area (Å²) in [4.78, 5) is 35.4. The molecule has 0 spiro atoms. The summed E-state index contributed by atoms with van der Waals surface area (Å²) in [5.41, 5.74) is 0.866. The van der Waals surface area contributed by atoms with Crippen molar-refractivity contribution in [1.82, 2.24) is 10.4 Å². The van der Waals surface area contributed by atoms with Crippen molar-refractivity contribution in [3.8, 4) is 0 Å². The van der Waals surface area contributed by atoms with E-state index in [0.717, 1.165) is 12.1 Å². The molecule has 0 aromatic heterocycles. The van der Waals surface area contributed by atoms with Crippen molar-refractivity contribution in [2.45, 2.75) is 26.3 Å². The monoisotopic (exact) mass is 326 g/mol. The predicted octanol–water partition coefficient (Wildman–Crippen LogP) is 2.36. The second-order valence-electron chi connectivity index (χ2n) is 4.64. The molecule has 1 N–H and O–H groups in total. The van der Waals surface area contributed by atoms with Gasteiger partial charge in [0.25, 0.3) is 0 Å². The second-order valence-corrected chi connectivity index (χ2v) is 4.64. The third-order valence-electron chi connectivity index (χ3n) is 3.05. The number of carbonyl (C=O) groups excluding carboxylic acids is 3. The molecule has 126 valence electrons. The van der Waals surface area contributed by atoms with Crippen LogP contribution in [0, 0.1) is 5.82 Å². The van der Waals surface area contributed by atoms with E-state index in [4.69, 9.17) is 9.47 Å². The van der Waals surface area contributed by atoms with Crippen molar-refractivity contribution in [3.05, 3.63) is 35.6 Å². The molecule has 1 atom stereocenters. The molecule has 0 bridgehead atoms. The Balaban J connectivity index is 3.22. The number of amides is 2. The van der Waals surface area contributed by atoms with Crippen LogP contribution in [0.25, 0.3) is 0 Å². The molecule has 8 heteroatoms. The zero-order valence-electron chi connectivity index (χ0n) is 13.2. The third kappa shape index (κ3) is 4.41. The van der Waals surface area contributed by atoms with Gasteiger partial charge < -0.3 is 14.3 Å². The van der Waals surface area contributed by atoms with Crippen LogP contribution < -0.4 is 5.43 Å². The van der Waals surface area contributed by atoms with Crippen molar-refractivity contribution < 1.29 is 28.2 Å². The maximum atomic E-state index is 13.1. The Morgan fingerprint density at radius 3 is 2.26 bits per heavy atom. The summed E-state index contributed by atoms with van der Waals surface area (Å²) in [6.45, 7) is 4.68. The molecule has 0 fully saturated rings. The van der Waals surface area contributed by atoms with Gasteiger partial charge >= 0.3 is 12.2 Å². The summed E-state index contributed by atoms with van der Waals surface area (Å²) >= 11 is 0. The normalized spacial score (nSPS) is 12.7. The molecule has 23 heavy (non-hydrogen) atoms. The van der Waals surface area contributed by atoms with Crippen molar-refractivity contribution in [2.75, 3.05) is 13.2 Å². The number of carbonyl (C=O) groups is 3. The zero-order chi connectivity index (χ0) is 17.5. The lowest BCUT2D eigenvalue weighted by atomic mass is 9.93. The predicted molar refractivity (Wildman–Crippen MR) is 78.8 cm³/mol. The van der Waals surface area contributed by atoms with Gasteiger partial charge in [0.15, 0.2) is 6.29 Å². The molecule has 0 saturated heterocycles. The molecule has 0 aliphatic rings. The van der Waals surface area contributed by atoms with Crippen LogP contribution in [-0.2, 0) is 19.8 Å². The standard InChI is InChI=1S/C15H19FN2O5/c1-4-22-13(20)17-18(14(21)23-5-2)15(3,10-19)11-6-8-12(16)9-7-11/h6-10H,4-5H2,1-3H3,(H,17,20)/t15-/m0/s1. The quantitative estimate of drug-likeness (QED) is 0.663. The molecular weight excluding hydrogens is 307 g/mol. The summed E-state index contributed by atoms with van der Waals surface area (Å²) in [7, 11) is 0. The Hall–Kier alpha value is -2.64. The van der Waals surface area contributed by atoms with Crippen LogP contribution in [-0.4, -0.2) is 36.7 Å². The first-order chi connectivity index (χ1) is 10.9. The minimum Gasteiger partial charge on any atom is -0.449 e.